The van der Waals surface area contributed by atoms with Crippen molar-refractivity contribution in [1.82, 2.24) is 15.5 Å². The molecule has 1 aliphatic rings. The van der Waals surface area contributed by atoms with E-state index in [0.29, 0.717) is 12.4 Å². The number of alkyl halides is 2. The van der Waals surface area contributed by atoms with Crippen LogP contribution < -0.4 is 10.1 Å². The van der Waals surface area contributed by atoms with Crippen molar-refractivity contribution >= 4 is 12.4 Å². The lowest BCUT2D eigenvalue weighted by atomic mass is 10.2. The Kier molecular flexibility index (Phi) is 6.09. The van der Waals surface area contributed by atoms with Crippen molar-refractivity contribution in [3.05, 3.63) is 41.5 Å². The predicted octanol–water partition coefficient (Wildman–Crippen LogP) is 2.89. The molecule has 24 heavy (non-hydrogen) atoms. The van der Waals surface area contributed by atoms with Gasteiger partial charge < -0.3 is 14.0 Å². The van der Waals surface area contributed by atoms with Gasteiger partial charge in [-0.25, -0.2) is 8.78 Å². The molecule has 0 aliphatic carbocycles. The van der Waals surface area contributed by atoms with Crippen LogP contribution in [0.25, 0.3) is 0 Å². The van der Waals surface area contributed by atoms with Crippen LogP contribution in [0.15, 0.2) is 28.8 Å². The Morgan fingerprint density at radius 3 is 2.92 bits per heavy atom. The van der Waals surface area contributed by atoms with E-state index in [1.165, 1.54) is 0 Å². The molecule has 0 amide bonds. The predicted molar refractivity (Wildman–Crippen MR) is 83.3 cm³/mol. The van der Waals surface area contributed by atoms with Crippen LogP contribution in [0.5, 0.6) is 5.75 Å². The maximum absolute atomic E-state index is 13.2. The fourth-order valence-corrected chi connectivity index (χ4v) is 2.38. The van der Waals surface area contributed by atoms with Gasteiger partial charge in [-0.05, 0) is 17.7 Å². The van der Waals surface area contributed by atoms with Gasteiger partial charge in [0.1, 0.15) is 12.4 Å². The van der Waals surface area contributed by atoms with Crippen LogP contribution in [0.2, 0.25) is 0 Å². The lowest BCUT2D eigenvalue weighted by Crippen LogP contribution is -2.19. The Balaban J connectivity index is 0.00000208. The Labute approximate surface area is 143 Å². The van der Waals surface area contributed by atoms with E-state index in [0.717, 1.165) is 11.3 Å². The van der Waals surface area contributed by atoms with Crippen LogP contribution in [-0.4, -0.2) is 29.7 Å². The summed E-state index contributed by atoms with van der Waals surface area (Å²) in [4.78, 5) is 4.10. The monoisotopic (exact) mass is 361 g/mol. The summed E-state index contributed by atoms with van der Waals surface area (Å²) in [6.45, 7) is 0.131. The first-order chi connectivity index (χ1) is 11.1. The molecule has 0 bridgehead atoms. The summed E-state index contributed by atoms with van der Waals surface area (Å²) in [7, 11) is 1.60. The van der Waals surface area contributed by atoms with Crippen molar-refractivity contribution in [3.63, 3.8) is 0 Å². The Morgan fingerprint density at radius 2 is 2.21 bits per heavy atom. The lowest BCUT2D eigenvalue weighted by Gasteiger charge is -2.05. The Morgan fingerprint density at radius 1 is 1.38 bits per heavy atom. The van der Waals surface area contributed by atoms with E-state index in [1.807, 2.05) is 24.3 Å². The zero-order valence-corrected chi connectivity index (χ0v) is 13.8. The van der Waals surface area contributed by atoms with Crippen LogP contribution in [0.3, 0.4) is 0 Å². The van der Waals surface area contributed by atoms with Gasteiger partial charge >= 0.3 is 0 Å². The van der Waals surface area contributed by atoms with Crippen molar-refractivity contribution in [2.45, 2.75) is 31.6 Å². The van der Waals surface area contributed by atoms with E-state index in [-0.39, 0.29) is 37.9 Å². The second kappa shape index (κ2) is 7.87. The zero-order valence-electron chi connectivity index (χ0n) is 13.0. The number of nitrogens with zero attached hydrogens (tertiary/aromatic N) is 2. The summed E-state index contributed by atoms with van der Waals surface area (Å²) in [6.07, 6.45) is -0.334. The van der Waals surface area contributed by atoms with E-state index in [9.17, 15) is 8.78 Å². The van der Waals surface area contributed by atoms with Gasteiger partial charge in [0.05, 0.1) is 26.3 Å². The highest BCUT2D eigenvalue weighted by molar-refractivity contribution is 5.85. The van der Waals surface area contributed by atoms with Crippen LogP contribution in [0.4, 0.5) is 8.78 Å². The van der Waals surface area contributed by atoms with Gasteiger partial charge in [-0.15, -0.1) is 12.4 Å². The molecule has 0 radical (unpaired) electrons. The summed E-state index contributed by atoms with van der Waals surface area (Å²) in [6, 6.07) is 6.89. The molecule has 0 saturated carbocycles. The zero-order chi connectivity index (χ0) is 16.3. The highest BCUT2D eigenvalue weighted by Crippen LogP contribution is 2.33. The lowest BCUT2D eigenvalue weighted by molar-refractivity contribution is 0.0200. The van der Waals surface area contributed by atoms with Gasteiger partial charge in [0.25, 0.3) is 5.92 Å². The third-order valence-corrected chi connectivity index (χ3v) is 3.53. The third-order valence-electron chi connectivity index (χ3n) is 3.53. The first-order valence-corrected chi connectivity index (χ1v) is 7.20. The molecule has 6 nitrogen and oxygen atoms in total. The van der Waals surface area contributed by atoms with Crippen molar-refractivity contribution in [2.24, 2.45) is 0 Å². The molecular weight excluding hydrogens is 344 g/mol. The number of methoxy groups -OCH3 is 1. The first kappa shape index (κ1) is 18.6. The van der Waals surface area contributed by atoms with Crippen LogP contribution in [0, 0.1) is 0 Å². The maximum atomic E-state index is 13.2. The molecule has 2 aromatic rings. The van der Waals surface area contributed by atoms with Crippen molar-refractivity contribution in [2.75, 3.05) is 13.7 Å². The normalized spacial score (nSPS) is 19.0. The van der Waals surface area contributed by atoms with E-state index in [1.54, 1.807) is 7.11 Å². The van der Waals surface area contributed by atoms with Gasteiger partial charge in [-0.2, -0.15) is 4.98 Å². The molecule has 0 spiro atoms. The second-order valence-corrected chi connectivity index (χ2v) is 5.39. The molecule has 132 valence electrons. The topological polar surface area (TPSA) is 69.4 Å². The van der Waals surface area contributed by atoms with Crippen molar-refractivity contribution in [3.8, 4) is 5.75 Å². The van der Waals surface area contributed by atoms with Gasteiger partial charge in [0.2, 0.25) is 5.89 Å². The summed E-state index contributed by atoms with van der Waals surface area (Å²) in [5.41, 5.74) is 0.949. The molecule has 9 heteroatoms. The van der Waals surface area contributed by atoms with Crippen LogP contribution in [-0.2, 0) is 18.0 Å². The molecule has 1 N–H and O–H groups in total. The minimum Gasteiger partial charge on any atom is -0.497 e. The van der Waals surface area contributed by atoms with Crippen LogP contribution >= 0.6 is 12.4 Å². The van der Waals surface area contributed by atoms with E-state index < -0.39 is 12.0 Å². The van der Waals surface area contributed by atoms with Gasteiger partial charge in [0, 0.05) is 6.42 Å². The fraction of sp³-hybridized carbons (Fsp3) is 0.467. The maximum Gasteiger partial charge on any atom is 0.262 e. The average molecular weight is 362 g/mol. The summed E-state index contributed by atoms with van der Waals surface area (Å²) < 4.78 is 42.0. The van der Waals surface area contributed by atoms with E-state index in [2.05, 4.69) is 15.5 Å². The Hall–Kier alpha value is -1.77. The van der Waals surface area contributed by atoms with Crippen LogP contribution in [0.1, 0.15) is 29.7 Å². The first-order valence-electron chi connectivity index (χ1n) is 7.20. The number of halogens is 3. The van der Waals surface area contributed by atoms with Gasteiger partial charge in [-0.1, -0.05) is 17.3 Å². The minimum absolute atomic E-state index is 0. The number of ether oxygens (including phenoxy) is 2. The molecule has 1 unspecified atom stereocenters. The number of benzene rings is 1. The smallest absolute Gasteiger partial charge is 0.262 e. The molecule has 1 saturated heterocycles. The molecule has 1 fully saturated rings. The molecule has 1 atom stereocenters. The largest absolute Gasteiger partial charge is 0.497 e. The van der Waals surface area contributed by atoms with Gasteiger partial charge in [0.15, 0.2) is 5.82 Å². The number of nitrogens with one attached hydrogen (secondary N) is 1. The average Bonchev–Trinajstić information content (AvgIpc) is 3.14. The summed E-state index contributed by atoms with van der Waals surface area (Å²) in [5, 5.41) is 6.42. The number of hydrogen-bond acceptors (Lipinski definition) is 6. The highest BCUT2D eigenvalue weighted by Gasteiger charge is 2.42. The fourth-order valence-electron chi connectivity index (χ4n) is 2.38. The van der Waals surface area contributed by atoms with Crippen molar-refractivity contribution in [1.29, 1.82) is 0 Å². The highest BCUT2D eigenvalue weighted by atomic mass is 35.5. The molecule has 1 aromatic heterocycles. The standard InChI is InChI=1S/C15H17F2N3O3.ClH/c1-21-11-4-2-3-10(5-11)7-22-8-13-19-14(23-20-13)12-6-15(16,17)9-18-12;/h2-5,12,18H,6-9H2,1H3;1H. The molecule has 2 heterocycles. The second-order valence-electron chi connectivity index (χ2n) is 5.39. The minimum atomic E-state index is -2.73. The molecular formula is C15H18ClF2N3O3. The molecule has 3 rings (SSSR count). The third kappa shape index (κ3) is 4.62. The number of rotatable bonds is 6. The molecule has 1 aromatic carbocycles. The molecule has 1 aliphatic heterocycles. The summed E-state index contributed by atoms with van der Waals surface area (Å²) in [5.74, 6) is -1.48. The Bertz CT molecular complexity index is 669. The quantitative estimate of drug-likeness (QED) is 0.853. The summed E-state index contributed by atoms with van der Waals surface area (Å²) >= 11 is 0. The van der Waals surface area contributed by atoms with E-state index >= 15 is 0 Å². The SMILES string of the molecule is COc1cccc(COCc2noc(C3CC(F)(F)CN3)n2)c1.Cl. The number of hydrogen-bond donors (Lipinski definition) is 1. The van der Waals surface area contributed by atoms with Gasteiger partial charge in [-0.3, -0.25) is 5.32 Å². The van der Waals surface area contributed by atoms with Crippen molar-refractivity contribution < 1.29 is 22.8 Å². The number of aromatic nitrogens is 2. The van der Waals surface area contributed by atoms with E-state index in [4.69, 9.17) is 14.0 Å².